The number of carbonyl (C=O) groups is 1. The number of likely N-dealkylation sites (N-methyl/N-ethyl adjacent to an activating group) is 2. The summed E-state index contributed by atoms with van der Waals surface area (Å²) in [5.74, 6) is -0.326. The number of hydrogen-bond donors (Lipinski definition) is 0. The van der Waals surface area contributed by atoms with Gasteiger partial charge in [-0.3, -0.25) is 0 Å². The maximum Gasteiger partial charge on any atom is 0.335 e. The van der Waals surface area contributed by atoms with Crippen LogP contribution in [0.3, 0.4) is 0 Å². The largest absolute Gasteiger partial charge is 0.464 e. The Hall–Kier alpha value is -0.0000000000000000694. The molecule has 0 aromatic heterocycles. The van der Waals surface area contributed by atoms with Gasteiger partial charge in [-0.15, -0.1) is 0 Å². The van der Waals surface area contributed by atoms with Crippen LogP contribution in [0.4, 0.5) is 0 Å². The Morgan fingerprint density at radius 3 is 2.25 bits per heavy atom. The van der Waals surface area contributed by atoms with E-state index >= 15 is 0 Å². The monoisotopic (exact) mass is 320 g/mol. The molecule has 2 fully saturated rings. The fourth-order valence-corrected chi connectivity index (χ4v) is 6.86. The van der Waals surface area contributed by atoms with Crippen molar-refractivity contribution in [3.05, 3.63) is 0 Å². The van der Waals surface area contributed by atoms with Gasteiger partial charge in [-0.25, -0.2) is 14.1 Å². The van der Waals surface area contributed by atoms with E-state index in [1.807, 2.05) is 14.1 Å². The quantitative estimate of drug-likeness (QED) is 0.585. The van der Waals surface area contributed by atoms with Crippen LogP contribution in [0.15, 0.2) is 0 Å². The topological polar surface area (TPSA) is 42.0 Å². The molecule has 7 heteroatoms. The molecule has 3 atom stereocenters. The predicted octanol–water partition coefficient (Wildman–Crippen LogP) is 2.37. The number of hydrogen-bond acceptors (Lipinski definition) is 4. The molecule has 1 saturated heterocycles. The van der Waals surface area contributed by atoms with Gasteiger partial charge in [0.1, 0.15) is 0 Å². The summed E-state index contributed by atoms with van der Waals surface area (Å²) in [6, 6.07) is 0.933. The smallest absolute Gasteiger partial charge is 0.335 e. The fraction of sp³-hybridized carbons (Fsp3) is 0.923. The van der Waals surface area contributed by atoms with Crippen molar-refractivity contribution in [1.29, 1.82) is 0 Å². The number of nitrogens with zero attached hydrogens (tertiary/aromatic N) is 2. The average molecular weight is 320 g/mol. The molecule has 0 spiro atoms. The van der Waals surface area contributed by atoms with Gasteiger partial charge in [0.25, 0.3) is 0 Å². The zero-order valence-electron chi connectivity index (χ0n) is 12.7. The Labute approximate surface area is 126 Å². The normalized spacial score (nSPS) is 31.8. The Morgan fingerprint density at radius 1 is 1.30 bits per heavy atom. The fourth-order valence-electron chi connectivity index (χ4n) is 3.22. The van der Waals surface area contributed by atoms with Crippen LogP contribution in [0.5, 0.6) is 0 Å². The highest BCUT2D eigenvalue weighted by molar-refractivity contribution is 8.10. The third kappa shape index (κ3) is 2.81. The Balaban J connectivity index is 2.12. The lowest BCUT2D eigenvalue weighted by Crippen LogP contribution is -2.37. The summed E-state index contributed by atoms with van der Waals surface area (Å²) in [7, 11) is 4.09. The van der Waals surface area contributed by atoms with Gasteiger partial charge in [0.05, 0.1) is 6.61 Å². The van der Waals surface area contributed by atoms with Crippen LogP contribution in [0.2, 0.25) is 0 Å². The van der Waals surface area contributed by atoms with Gasteiger partial charge in [0.2, 0.25) is 6.57 Å². The molecular weight excluding hydrogens is 295 g/mol. The summed E-state index contributed by atoms with van der Waals surface area (Å²) in [4.78, 5) is 11.8. The highest BCUT2D eigenvalue weighted by Gasteiger charge is 2.50. The van der Waals surface area contributed by atoms with Crippen LogP contribution in [-0.2, 0) is 25.9 Å². The van der Waals surface area contributed by atoms with Crippen molar-refractivity contribution in [3.63, 3.8) is 0 Å². The minimum atomic E-state index is -2.29. The molecule has 0 radical (unpaired) electrons. The van der Waals surface area contributed by atoms with E-state index in [0.717, 1.165) is 0 Å². The van der Waals surface area contributed by atoms with E-state index in [2.05, 4.69) is 9.34 Å². The first kappa shape index (κ1) is 16.4. The Kier molecular flexibility index (Phi) is 5.24. The van der Waals surface area contributed by atoms with Crippen molar-refractivity contribution in [2.24, 2.45) is 0 Å². The maximum atomic E-state index is 11.8. The van der Waals surface area contributed by atoms with Gasteiger partial charge in [0.15, 0.2) is 6.10 Å². The van der Waals surface area contributed by atoms with Crippen molar-refractivity contribution in [1.82, 2.24) is 9.34 Å². The molecule has 2 aliphatic rings. The molecule has 0 aromatic rings. The number of carbonyl (C=O) groups excluding carboxylic acids is 1. The molecular formula is C13H25N2O3PS. The van der Waals surface area contributed by atoms with Gasteiger partial charge in [-0.05, 0) is 52.6 Å². The molecule has 1 heterocycles. The number of fused-ring (bicyclic) bond motifs is 1. The van der Waals surface area contributed by atoms with Gasteiger partial charge < -0.3 is 9.26 Å². The average Bonchev–Trinajstić information content (AvgIpc) is 2.62. The lowest BCUT2D eigenvalue weighted by atomic mass is 9.91. The SMILES string of the molecule is CCOC(=O)[C@H](C)OP1(=S)N(C)[C@@H]2CCCC[C@H]2N1C. The molecule has 1 aliphatic heterocycles. The second-order valence-corrected chi connectivity index (χ2v) is 9.44. The maximum absolute atomic E-state index is 11.8. The van der Waals surface area contributed by atoms with Crippen LogP contribution in [0, 0.1) is 0 Å². The molecule has 0 amide bonds. The molecule has 0 N–H and O–H groups in total. The standard InChI is InChI=1S/C13H25N2O3PS/c1-5-17-13(16)10(2)18-19(20)14(3)11-8-6-7-9-12(11)15(19)4/h10-12H,5-9H2,1-4H3/t10-,11+,12+/m0/s1. The predicted molar refractivity (Wildman–Crippen MR) is 83.0 cm³/mol. The first-order chi connectivity index (χ1) is 9.41. The summed E-state index contributed by atoms with van der Waals surface area (Å²) in [6.07, 6.45) is 4.23. The minimum Gasteiger partial charge on any atom is -0.464 e. The molecule has 1 aliphatic carbocycles. The molecule has 0 aromatic carbocycles. The summed E-state index contributed by atoms with van der Waals surface area (Å²) >= 11 is 5.84. The third-order valence-electron chi connectivity index (χ3n) is 4.37. The number of esters is 1. The third-order valence-corrected chi connectivity index (χ3v) is 8.95. The van der Waals surface area contributed by atoms with Gasteiger partial charge in [-0.1, -0.05) is 12.8 Å². The Morgan fingerprint density at radius 2 is 1.80 bits per heavy atom. The summed E-state index contributed by atoms with van der Waals surface area (Å²) in [5.41, 5.74) is 0. The van der Waals surface area contributed by atoms with E-state index in [1.165, 1.54) is 25.7 Å². The van der Waals surface area contributed by atoms with Crippen molar-refractivity contribution in [2.75, 3.05) is 20.7 Å². The lowest BCUT2D eigenvalue weighted by Gasteiger charge is -2.32. The van der Waals surface area contributed by atoms with Crippen molar-refractivity contribution in [2.45, 2.75) is 57.7 Å². The second kappa shape index (κ2) is 6.41. The number of ether oxygens (including phenoxy) is 1. The van der Waals surface area contributed by atoms with Crippen LogP contribution >= 0.6 is 6.57 Å². The van der Waals surface area contributed by atoms with Crippen molar-refractivity contribution < 1.29 is 14.1 Å². The van der Waals surface area contributed by atoms with Crippen molar-refractivity contribution >= 4 is 24.3 Å². The summed E-state index contributed by atoms with van der Waals surface area (Å²) in [5, 5.41) is 0. The van der Waals surface area contributed by atoms with Crippen LogP contribution in [0.25, 0.3) is 0 Å². The van der Waals surface area contributed by atoms with E-state index in [9.17, 15) is 4.79 Å². The molecule has 2 rings (SSSR count). The summed E-state index contributed by atoms with van der Waals surface area (Å²) < 4.78 is 15.5. The van der Waals surface area contributed by atoms with Gasteiger partial charge in [-0.2, -0.15) is 0 Å². The molecule has 5 nitrogen and oxygen atoms in total. The number of rotatable bonds is 4. The molecule has 0 bridgehead atoms. The molecule has 116 valence electrons. The van der Waals surface area contributed by atoms with E-state index in [1.54, 1.807) is 13.8 Å². The van der Waals surface area contributed by atoms with E-state index in [0.29, 0.717) is 18.7 Å². The van der Waals surface area contributed by atoms with Crippen LogP contribution in [0.1, 0.15) is 39.5 Å². The van der Waals surface area contributed by atoms with Gasteiger partial charge in [0, 0.05) is 12.1 Å². The lowest BCUT2D eigenvalue weighted by molar-refractivity contribution is -0.150. The van der Waals surface area contributed by atoms with E-state index < -0.39 is 12.7 Å². The van der Waals surface area contributed by atoms with E-state index in [-0.39, 0.29) is 5.97 Å². The zero-order chi connectivity index (χ0) is 14.9. The summed E-state index contributed by atoms with van der Waals surface area (Å²) in [6.45, 7) is 1.60. The van der Waals surface area contributed by atoms with E-state index in [4.69, 9.17) is 21.1 Å². The second-order valence-electron chi connectivity index (χ2n) is 5.56. The van der Waals surface area contributed by atoms with Crippen LogP contribution < -0.4 is 0 Å². The molecule has 20 heavy (non-hydrogen) atoms. The molecule has 1 saturated carbocycles. The minimum absolute atomic E-state index is 0.326. The van der Waals surface area contributed by atoms with Crippen LogP contribution in [-0.4, -0.2) is 54.2 Å². The molecule has 0 unspecified atom stereocenters. The van der Waals surface area contributed by atoms with Crippen molar-refractivity contribution in [3.8, 4) is 0 Å². The Bertz CT molecular complexity index is 398. The zero-order valence-corrected chi connectivity index (χ0v) is 14.5. The van der Waals surface area contributed by atoms with Gasteiger partial charge >= 0.3 is 5.97 Å². The highest BCUT2D eigenvalue weighted by atomic mass is 32.5. The highest BCUT2D eigenvalue weighted by Crippen LogP contribution is 2.63. The first-order valence-corrected chi connectivity index (χ1v) is 9.96. The first-order valence-electron chi connectivity index (χ1n) is 7.33.